The van der Waals surface area contributed by atoms with E-state index >= 15 is 0 Å². The summed E-state index contributed by atoms with van der Waals surface area (Å²) in [4.78, 5) is 2.41. The zero-order valence-corrected chi connectivity index (χ0v) is 14.1. The van der Waals surface area contributed by atoms with E-state index in [9.17, 15) is 0 Å². The first-order valence-electron chi connectivity index (χ1n) is 8.34. The molecule has 0 spiro atoms. The molecule has 0 unspecified atom stereocenters. The Bertz CT molecular complexity index is 482. The van der Waals surface area contributed by atoms with Gasteiger partial charge in [0.25, 0.3) is 0 Å². The Morgan fingerprint density at radius 2 is 1.81 bits per heavy atom. The Morgan fingerprint density at radius 3 is 2.43 bits per heavy atom. The van der Waals surface area contributed by atoms with Gasteiger partial charge in [0.05, 0.1) is 5.69 Å². The average Bonchev–Trinajstić information content (AvgIpc) is 2.66. The number of hydrogen-bond acceptors (Lipinski definition) is 4. The molecule has 1 fully saturated rings. The Morgan fingerprint density at radius 1 is 1.05 bits per heavy atom. The van der Waals surface area contributed by atoms with Crippen molar-refractivity contribution in [3.63, 3.8) is 0 Å². The molecule has 4 heteroatoms. The fourth-order valence-electron chi connectivity index (χ4n) is 3.34. The zero-order valence-electron chi connectivity index (χ0n) is 14.1. The van der Waals surface area contributed by atoms with Crippen LogP contribution in [-0.2, 0) is 19.4 Å². The van der Waals surface area contributed by atoms with E-state index in [4.69, 9.17) is 5.73 Å². The molecule has 0 atom stereocenters. The molecule has 21 heavy (non-hydrogen) atoms. The van der Waals surface area contributed by atoms with Gasteiger partial charge in [-0.15, -0.1) is 5.10 Å². The van der Waals surface area contributed by atoms with Crippen LogP contribution in [0.5, 0.6) is 0 Å². The summed E-state index contributed by atoms with van der Waals surface area (Å²) in [7, 11) is 0. The van der Waals surface area contributed by atoms with Crippen LogP contribution in [-0.4, -0.2) is 23.3 Å². The fourth-order valence-corrected chi connectivity index (χ4v) is 3.34. The maximum absolute atomic E-state index is 6.06. The highest BCUT2D eigenvalue weighted by atomic mass is 15.3. The number of nitrogens with two attached hydrogens (primary N) is 1. The van der Waals surface area contributed by atoms with Crippen LogP contribution >= 0.6 is 0 Å². The van der Waals surface area contributed by atoms with E-state index in [1.165, 1.54) is 30.4 Å². The smallest absolute Gasteiger partial charge is 0.156 e. The SMILES string of the molecule is CCc1nnc(N2CCCC(C)(C)CC2)c(CN)c1CC. The van der Waals surface area contributed by atoms with Crippen molar-refractivity contribution >= 4 is 5.82 Å². The molecule has 2 heterocycles. The first kappa shape index (κ1) is 16.2. The molecule has 0 bridgehead atoms. The number of rotatable bonds is 4. The lowest BCUT2D eigenvalue weighted by molar-refractivity contribution is 0.325. The Kier molecular flexibility index (Phi) is 5.20. The highest BCUT2D eigenvalue weighted by Crippen LogP contribution is 2.32. The molecule has 118 valence electrons. The van der Waals surface area contributed by atoms with Gasteiger partial charge in [-0.25, -0.2) is 0 Å². The van der Waals surface area contributed by atoms with Crippen LogP contribution in [0, 0.1) is 5.41 Å². The summed E-state index contributed by atoms with van der Waals surface area (Å²) >= 11 is 0. The van der Waals surface area contributed by atoms with Gasteiger partial charge in [0.1, 0.15) is 0 Å². The average molecular weight is 290 g/mol. The van der Waals surface area contributed by atoms with Gasteiger partial charge in [-0.05, 0) is 43.1 Å². The van der Waals surface area contributed by atoms with Gasteiger partial charge >= 0.3 is 0 Å². The first-order valence-corrected chi connectivity index (χ1v) is 8.34. The van der Waals surface area contributed by atoms with E-state index in [1.807, 2.05) is 0 Å². The molecule has 2 N–H and O–H groups in total. The molecule has 0 aliphatic carbocycles. The number of aromatic nitrogens is 2. The first-order chi connectivity index (χ1) is 10.0. The normalized spacial score (nSPS) is 18.6. The van der Waals surface area contributed by atoms with Crippen molar-refractivity contribution in [2.75, 3.05) is 18.0 Å². The Hall–Kier alpha value is -1.16. The lowest BCUT2D eigenvalue weighted by Crippen LogP contribution is -2.29. The molecular formula is C17H30N4. The van der Waals surface area contributed by atoms with E-state index in [0.717, 1.165) is 37.4 Å². The van der Waals surface area contributed by atoms with Crippen molar-refractivity contribution in [1.82, 2.24) is 10.2 Å². The predicted molar refractivity (Wildman–Crippen MR) is 88.5 cm³/mol. The van der Waals surface area contributed by atoms with Gasteiger partial charge in [-0.1, -0.05) is 27.7 Å². The van der Waals surface area contributed by atoms with Gasteiger partial charge in [0.15, 0.2) is 5.82 Å². The molecular weight excluding hydrogens is 260 g/mol. The molecule has 0 saturated carbocycles. The van der Waals surface area contributed by atoms with Crippen LogP contribution in [0.2, 0.25) is 0 Å². The summed E-state index contributed by atoms with van der Waals surface area (Å²) in [6.07, 6.45) is 5.61. The third-order valence-corrected chi connectivity index (χ3v) is 4.78. The molecule has 1 aliphatic rings. The van der Waals surface area contributed by atoms with E-state index in [1.54, 1.807) is 0 Å². The van der Waals surface area contributed by atoms with Crippen LogP contribution in [0.1, 0.15) is 63.8 Å². The van der Waals surface area contributed by atoms with Gasteiger partial charge in [0.2, 0.25) is 0 Å². The summed E-state index contributed by atoms with van der Waals surface area (Å²) in [5.74, 6) is 1.03. The van der Waals surface area contributed by atoms with Crippen molar-refractivity contribution in [1.29, 1.82) is 0 Å². The van der Waals surface area contributed by atoms with E-state index in [-0.39, 0.29) is 0 Å². The van der Waals surface area contributed by atoms with Crippen LogP contribution in [0.15, 0.2) is 0 Å². The van der Waals surface area contributed by atoms with Crippen LogP contribution < -0.4 is 10.6 Å². The molecule has 4 nitrogen and oxygen atoms in total. The monoisotopic (exact) mass is 290 g/mol. The van der Waals surface area contributed by atoms with Crippen LogP contribution in [0.4, 0.5) is 5.82 Å². The third-order valence-electron chi connectivity index (χ3n) is 4.78. The molecule has 1 saturated heterocycles. The van der Waals surface area contributed by atoms with Crippen LogP contribution in [0.3, 0.4) is 0 Å². The molecule has 0 aromatic carbocycles. The van der Waals surface area contributed by atoms with Crippen molar-refractivity contribution in [3.8, 4) is 0 Å². The maximum Gasteiger partial charge on any atom is 0.156 e. The molecule has 2 rings (SSSR count). The molecule has 1 aromatic rings. The minimum absolute atomic E-state index is 0.433. The highest BCUT2D eigenvalue weighted by molar-refractivity contribution is 5.51. The third kappa shape index (κ3) is 3.54. The molecule has 1 aromatic heterocycles. The van der Waals surface area contributed by atoms with Gasteiger partial charge in [-0.3, -0.25) is 0 Å². The van der Waals surface area contributed by atoms with Crippen LogP contribution in [0.25, 0.3) is 0 Å². The fraction of sp³-hybridized carbons (Fsp3) is 0.765. The van der Waals surface area contributed by atoms with Crippen molar-refractivity contribution in [2.45, 2.75) is 66.3 Å². The maximum atomic E-state index is 6.06. The zero-order chi connectivity index (χ0) is 15.5. The lowest BCUT2D eigenvalue weighted by Gasteiger charge is -2.26. The molecule has 1 aliphatic heterocycles. The lowest BCUT2D eigenvalue weighted by atomic mass is 9.85. The Labute approximate surface area is 129 Å². The minimum Gasteiger partial charge on any atom is -0.355 e. The second-order valence-corrected chi connectivity index (χ2v) is 6.84. The number of anilines is 1. The van der Waals surface area contributed by atoms with Crippen molar-refractivity contribution in [3.05, 3.63) is 16.8 Å². The van der Waals surface area contributed by atoms with Gasteiger partial charge in [-0.2, -0.15) is 5.10 Å². The highest BCUT2D eigenvalue weighted by Gasteiger charge is 2.26. The van der Waals surface area contributed by atoms with Crippen molar-refractivity contribution in [2.24, 2.45) is 11.1 Å². The summed E-state index contributed by atoms with van der Waals surface area (Å²) in [5, 5.41) is 9.01. The van der Waals surface area contributed by atoms with Gasteiger partial charge < -0.3 is 10.6 Å². The minimum atomic E-state index is 0.433. The second kappa shape index (κ2) is 6.73. The second-order valence-electron chi connectivity index (χ2n) is 6.84. The topological polar surface area (TPSA) is 55.0 Å². The van der Waals surface area contributed by atoms with E-state index in [0.29, 0.717) is 12.0 Å². The predicted octanol–water partition coefficient (Wildman–Crippen LogP) is 3.08. The van der Waals surface area contributed by atoms with E-state index < -0.39 is 0 Å². The Balaban J connectivity index is 2.35. The summed E-state index contributed by atoms with van der Waals surface area (Å²) in [6, 6.07) is 0. The number of aryl methyl sites for hydroxylation is 1. The standard InChI is InChI=1S/C17H30N4/c1-5-13-14(12-18)16(20-19-15(13)6-2)21-10-7-8-17(3,4)9-11-21/h5-12,18H2,1-4H3. The number of nitrogens with zero attached hydrogens (tertiary/aromatic N) is 3. The number of hydrogen-bond donors (Lipinski definition) is 1. The van der Waals surface area contributed by atoms with E-state index in [2.05, 4.69) is 42.8 Å². The van der Waals surface area contributed by atoms with Crippen molar-refractivity contribution < 1.29 is 0 Å². The molecule has 0 radical (unpaired) electrons. The largest absolute Gasteiger partial charge is 0.355 e. The summed E-state index contributed by atoms with van der Waals surface area (Å²) in [5.41, 5.74) is 10.1. The summed E-state index contributed by atoms with van der Waals surface area (Å²) in [6.45, 7) is 11.7. The molecule has 0 amide bonds. The quantitative estimate of drug-likeness (QED) is 0.926. The summed E-state index contributed by atoms with van der Waals surface area (Å²) < 4.78 is 0. The van der Waals surface area contributed by atoms with Gasteiger partial charge in [0, 0.05) is 25.2 Å².